The maximum atomic E-state index is 13.1. The highest BCUT2D eigenvalue weighted by Crippen LogP contribution is 2.38. The number of hydrogen-bond donors (Lipinski definition) is 2. The Bertz CT molecular complexity index is 1490. The van der Waals surface area contributed by atoms with Crippen LogP contribution in [0.1, 0.15) is 29.8 Å². The molecule has 38 heavy (non-hydrogen) atoms. The summed E-state index contributed by atoms with van der Waals surface area (Å²) >= 11 is 0. The molecule has 1 aromatic heterocycles. The van der Waals surface area contributed by atoms with Gasteiger partial charge < -0.3 is 15.2 Å². The number of nitrogens with one attached hydrogen (secondary N) is 2. The Morgan fingerprint density at radius 2 is 1.66 bits per heavy atom. The summed E-state index contributed by atoms with van der Waals surface area (Å²) in [6.07, 6.45) is 3.00. The number of alkyl halides is 3. The quantitative estimate of drug-likeness (QED) is 0.348. The van der Waals surface area contributed by atoms with Gasteiger partial charge >= 0.3 is 6.18 Å². The number of hydrogen-bond acceptors (Lipinski definition) is 7. The molecule has 0 saturated heterocycles. The second kappa shape index (κ2) is 10.2. The second-order valence-corrected chi connectivity index (χ2v) is 12.9. The average molecular weight is 539 g/mol. The van der Waals surface area contributed by atoms with Gasteiger partial charge in [0.15, 0.2) is 5.82 Å². The van der Waals surface area contributed by atoms with E-state index in [9.17, 15) is 17.7 Å². The lowest BCUT2D eigenvalue weighted by Gasteiger charge is -2.11. The predicted octanol–water partition coefficient (Wildman–Crippen LogP) is 6.21. The molecule has 1 aliphatic heterocycles. The van der Waals surface area contributed by atoms with Gasteiger partial charge in [0, 0.05) is 11.0 Å². The smallest absolute Gasteiger partial charge is 0.324 e. The minimum absolute atomic E-state index is 0.236. The third-order valence-corrected chi connectivity index (χ3v) is 7.67. The predicted molar refractivity (Wildman–Crippen MR) is 146 cm³/mol. The van der Waals surface area contributed by atoms with E-state index in [1.807, 2.05) is 6.08 Å². The van der Waals surface area contributed by atoms with E-state index in [0.717, 1.165) is 17.4 Å². The molecule has 3 aromatic rings. The van der Waals surface area contributed by atoms with Crippen LogP contribution in [0.3, 0.4) is 0 Å². The van der Waals surface area contributed by atoms with Gasteiger partial charge in [-0.2, -0.15) is 28.1 Å². The Balaban J connectivity index is 1.42. The summed E-state index contributed by atoms with van der Waals surface area (Å²) in [7, 11) is -2.39. The number of amidine groups is 1. The van der Waals surface area contributed by atoms with Crippen LogP contribution in [0.15, 0.2) is 65.2 Å². The van der Waals surface area contributed by atoms with Crippen molar-refractivity contribution in [1.82, 2.24) is 15.0 Å². The van der Waals surface area contributed by atoms with Crippen LogP contribution in [0.4, 0.5) is 30.8 Å². The summed E-state index contributed by atoms with van der Waals surface area (Å²) in [6, 6.07) is 12.2. The fraction of sp³-hybridized carbons (Fsp3) is 0.259. The molecule has 1 fully saturated rings. The fourth-order valence-corrected chi connectivity index (χ4v) is 4.80. The summed E-state index contributed by atoms with van der Waals surface area (Å²) in [5, 5.41) is 7.00. The molecule has 5 rings (SSSR count). The van der Waals surface area contributed by atoms with E-state index in [-0.39, 0.29) is 17.7 Å². The number of halogens is 3. The Morgan fingerprint density at radius 1 is 0.947 bits per heavy atom. The normalized spacial score (nSPS) is 15.9. The molecule has 2 heterocycles. The van der Waals surface area contributed by atoms with Crippen molar-refractivity contribution in [3.05, 3.63) is 77.1 Å². The van der Waals surface area contributed by atoms with Crippen LogP contribution < -0.4 is 15.9 Å². The summed E-state index contributed by atoms with van der Waals surface area (Å²) in [4.78, 5) is 17.8. The van der Waals surface area contributed by atoms with Gasteiger partial charge in [-0.15, -0.1) is 0 Å². The maximum Gasteiger partial charge on any atom is 0.416 e. The average Bonchev–Trinajstić information content (AvgIpc) is 3.61. The molecule has 0 unspecified atom stereocenters. The first-order valence-electron chi connectivity index (χ1n) is 12.1. The molecule has 2 N–H and O–H groups in total. The summed E-state index contributed by atoms with van der Waals surface area (Å²) in [5.74, 6) is 1.99. The summed E-state index contributed by atoms with van der Waals surface area (Å²) < 4.78 is 51.6. The molecule has 0 radical (unpaired) electrons. The molecule has 1 saturated carbocycles. The van der Waals surface area contributed by atoms with Crippen LogP contribution in [0.25, 0.3) is 12.2 Å². The third-order valence-electron chi connectivity index (χ3n) is 6.13. The van der Waals surface area contributed by atoms with Crippen molar-refractivity contribution in [2.24, 2.45) is 10.9 Å². The monoisotopic (exact) mass is 538 g/mol. The first-order chi connectivity index (χ1) is 18.0. The van der Waals surface area contributed by atoms with Crippen LogP contribution in [-0.4, -0.2) is 40.7 Å². The van der Waals surface area contributed by atoms with Gasteiger partial charge in [-0.1, -0.05) is 18.2 Å². The number of benzene rings is 2. The van der Waals surface area contributed by atoms with Crippen molar-refractivity contribution >= 4 is 48.0 Å². The Kier molecular flexibility index (Phi) is 6.92. The molecule has 0 spiro atoms. The highest BCUT2D eigenvalue weighted by Gasteiger charge is 2.30. The Labute approximate surface area is 218 Å². The largest absolute Gasteiger partial charge is 0.416 e. The van der Waals surface area contributed by atoms with Crippen molar-refractivity contribution in [1.29, 1.82) is 0 Å². The van der Waals surface area contributed by atoms with Gasteiger partial charge in [-0.05, 0) is 91.8 Å². The molecule has 1 aliphatic carbocycles. The van der Waals surface area contributed by atoms with Crippen LogP contribution in [0, 0.1) is 5.92 Å². The molecule has 0 bridgehead atoms. The van der Waals surface area contributed by atoms with Gasteiger partial charge in [-0.25, -0.2) is 0 Å². The number of aromatic nitrogens is 3. The maximum absolute atomic E-state index is 13.1. The van der Waals surface area contributed by atoms with E-state index in [1.165, 1.54) is 36.6 Å². The molecule has 0 amide bonds. The van der Waals surface area contributed by atoms with Crippen molar-refractivity contribution < 1.29 is 17.7 Å². The second-order valence-electron chi connectivity index (χ2n) is 9.64. The molecular weight excluding hydrogens is 512 g/mol. The van der Waals surface area contributed by atoms with Gasteiger partial charge in [0.25, 0.3) is 0 Å². The molecule has 2 aliphatic rings. The van der Waals surface area contributed by atoms with Gasteiger partial charge in [0.2, 0.25) is 11.9 Å². The highest BCUT2D eigenvalue weighted by molar-refractivity contribution is 7.70. The van der Waals surface area contributed by atoms with Crippen LogP contribution >= 0.6 is 7.14 Å². The van der Waals surface area contributed by atoms with E-state index in [2.05, 4.69) is 30.6 Å². The molecule has 2 aromatic carbocycles. The first-order valence-corrected chi connectivity index (χ1v) is 14.7. The molecular formula is C27H26F3N6OP. The number of anilines is 3. The lowest BCUT2D eigenvalue weighted by molar-refractivity contribution is -0.137. The first kappa shape index (κ1) is 25.9. The molecule has 196 valence electrons. The van der Waals surface area contributed by atoms with Crippen LogP contribution in [0.2, 0.25) is 0 Å². The van der Waals surface area contributed by atoms with Gasteiger partial charge in [0.05, 0.1) is 12.1 Å². The van der Waals surface area contributed by atoms with Crippen molar-refractivity contribution in [2.75, 3.05) is 30.5 Å². The Morgan fingerprint density at radius 3 is 2.32 bits per heavy atom. The SMILES string of the molecule is CP(C)(=O)c1ccc(Nc2nc(/C=C/c3cccc(C(F)(F)F)c3)nc(NC3=NCC(C4CC4)=C3)n2)cc1. The topological polar surface area (TPSA) is 92.2 Å². The molecule has 7 nitrogen and oxygen atoms in total. The fourth-order valence-electron chi connectivity index (χ4n) is 3.94. The molecule has 11 heteroatoms. The van der Waals surface area contributed by atoms with E-state index in [0.29, 0.717) is 29.5 Å². The standard InChI is InChI=1S/C27H26F3N6OP/c1-38(2,37)22-11-9-21(10-12-22)32-25-33-23(13-6-17-4-3-5-20(14-17)27(28,29)30)34-26(36-25)35-24-15-19(16-31-24)18-7-8-18/h3-6,9-15,18H,7-8,16H2,1-2H3,(H2,31,32,33,34,35,36)/b13-6+. The Hall–Kier alpha value is -3.78. The van der Waals surface area contributed by atoms with Crippen LogP contribution in [0.5, 0.6) is 0 Å². The lowest BCUT2D eigenvalue weighted by Crippen LogP contribution is -2.13. The number of nitrogens with zero attached hydrogens (tertiary/aromatic N) is 4. The van der Waals surface area contributed by atoms with Crippen LogP contribution in [-0.2, 0) is 10.7 Å². The number of rotatable bonds is 7. The van der Waals surface area contributed by atoms with Gasteiger partial charge in [0.1, 0.15) is 13.0 Å². The highest BCUT2D eigenvalue weighted by atomic mass is 31.2. The van der Waals surface area contributed by atoms with Crippen molar-refractivity contribution in [2.45, 2.75) is 19.0 Å². The summed E-state index contributed by atoms with van der Waals surface area (Å²) in [5.41, 5.74) is 1.60. The van der Waals surface area contributed by atoms with Crippen molar-refractivity contribution in [3.63, 3.8) is 0 Å². The zero-order valence-electron chi connectivity index (χ0n) is 20.8. The lowest BCUT2D eigenvalue weighted by atomic mass is 10.1. The minimum Gasteiger partial charge on any atom is -0.324 e. The van der Waals surface area contributed by atoms with E-state index >= 15 is 0 Å². The third kappa shape index (κ3) is 6.55. The zero-order valence-corrected chi connectivity index (χ0v) is 21.7. The van der Waals surface area contributed by atoms with Gasteiger partial charge in [-0.3, -0.25) is 4.99 Å². The van der Waals surface area contributed by atoms with Crippen molar-refractivity contribution in [3.8, 4) is 0 Å². The van der Waals surface area contributed by atoms with E-state index in [4.69, 9.17) is 0 Å². The zero-order chi connectivity index (χ0) is 26.9. The van der Waals surface area contributed by atoms with E-state index < -0.39 is 18.9 Å². The van der Waals surface area contributed by atoms with E-state index in [1.54, 1.807) is 43.7 Å². The number of aliphatic imine (C=N–C) groups is 1. The minimum atomic E-state index is -4.43. The summed E-state index contributed by atoms with van der Waals surface area (Å²) in [6.45, 7) is 4.06. The molecule has 0 atom stereocenters.